The average molecular weight is 369 g/mol. The van der Waals surface area contributed by atoms with Crippen molar-refractivity contribution < 1.29 is 13.2 Å². The van der Waals surface area contributed by atoms with Crippen LogP contribution in [0.5, 0.6) is 0 Å². The zero-order valence-corrected chi connectivity index (χ0v) is 17.0. The van der Waals surface area contributed by atoms with Gasteiger partial charge in [0.15, 0.2) is 0 Å². The van der Waals surface area contributed by atoms with Gasteiger partial charge >= 0.3 is 0 Å². The SMILES string of the molecule is CCCN(CCC)C(=O)CCN(c1c(C)cccc1CC)S(C)(=O)=O. The number of aryl methyl sites for hydroxylation is 2. The number of sulfonamides is 1. The summed E-state index contributed by atoms with van der Waals surface area (Å²) in [7, 11) is -3.46. The minimum Gasteiger partial charge on any atom is -0.343 e. The number of nitrogens with zero attached hydrogens (tertiary/aromatic N) is 2. The molecule has 0 N–H and O–H groups in total. The van der Waals surface area contributed by atoms with E-state index in [1.807, 2.05) is 50.8 Å². The van der Waals surface area contributed by atoms with Crippen LogP contribution in [0.1, 0.15) is 51.2 Å². The number of rotatable bonds is 10. The fraction of sp³-hybridized carbons (Fsp3) is 0.632. The van der Waals surface area contributed by atoms with E-state index in [-0.39, 0.29) is 18.9 Å². The van der Waals surface area contributed by atoms with Crippen molar-refractivity contribution in [1.82, 2.24) is 4.90 Å². The standard InChI is InChI=1S/C19H32N2O3S/c1-6-13-20(14-7-2)18(22)12-15-21(25(5,23)24)19-16(4)10-9-11-17(19)8-3/h9-11H,6-8,12-15H2,1-5H3. The molecule has 0 aliphatic rings. The number of benzene rings is 1. The highest BCUT2D eigenvalue weighted by Gasteiger charge is 2.23. The fourth-order valence-electron chi connectivity index (χ4n) is 3.06. The van der Waals surface area contributed by atoms with Gasteiger partial charge in [-0.25, -0.2) is 8.42 Å². The number of para-hydroxylation sites is 1. The Morgan fingerprint density at radius 2 is 1.64 bits per heavy atom. The van der Waals surface area contributed by atoms with Gasteiger partial charge in [0, 0.05) is 26.1 Å². The zero-order valence-electron chi connectivity index (χ0n) is 16.2. The maximum Gasteiger partial charge on any atom is 0.232 e. The molecule has 0 fully saturated rings. The molecule has 0 spiro atoms. The zero-order chi connectivity index (χ0) is 19.0. The summed E-state index contributed by atoms with van der Waals surface area (Å²) < 4.78 is 26.2. The van der Waals surface area contributed by atoms with E-state index < -0.39 is 10.0 Å². The highest BCUT2D eigenvalue weighted by atomic mass is 32.2. The molecular formula is C19H32N2O3S. The largest absolute Gasteiger partial charge is 0.343 e. The molecule has 142 valence electrons. The van der Waals surface area contributed by atoms with Crippen molar-refractivity contribution in [2.24, 2.45) is 0 Å². The first-order chi connectivity index (χ1) is 11.8. The fourth-order valence-corrected chi connectivity index (χ4v) is 4.08. The number of hydrogen-bond donors (Lipinski definition) is 0. The average Bonchev–Trinajstić information content (AvgIpc) is 2.54. The Morgan fingerprint density at radius 1 is 1.04 bits per heavy atom. The molecule has 0 radical (unpaired) electrons. The van der Waals surface area contributed by atoms with Gasteiger partial charge in [-0.1, -0.05) is 39.0 Å². The Bertz CT molecular complexity index is 665. The van der Waals surface area contributed by atoms with E-state index >= 15 is 0 Å². The molecule has 1 rings (SSSR count). The van der Waals surface area contributed by atoms with Crippen LogP contribution in [0.3, 0.4) is 0 Å². The van der Waals surface area contributed by atoms with Gasteiger partial charge in [-0.05, 0) is 37.3 Å². The maximum atomic E-state index is 12.5. The summed E-state index contributed by atoms with van der Waals surface area (Å²) in [5.41, 5.74) is 2.62. The molecule has 0 aliphatic heterocycles. The normalized spacial score (nSPS) is 11.4. The van der Waals surface area contributed by atoms with Crippen LogP contribution < -0.4 is 4.31 Å². The number of hydrogen-bond acceptors (Lipinski definition) is 3. The van der Waals surface area contributed by atoms with Gasteiger partial charge in [0.2, 0.25) is 15.9 Å². The predicted molar refractivity (Wildman–Crippen MR) is 105 cm³/mol. The summed E-state index contributed by atoms with van der Waals surface area (Å²) >= 11 is 0. The first-order valence-electron chi connectivity index (χ1n) is 9.10. The smallest absolute Gasteiger partial charge is 0.232 e. The van der Waals surface area contributed by atoms with E-state index in [0.29, 0.717) is 0 Å². The molecular weight excluding hydrogens is 336 g/mol. The van der Waals surface area contributed by atoms with Crippen LogP contribution in [0.15, 0.2) is 18.2 Å². The lowest BCUT2D eigenvalue weighted by molar-refractivity contribution is -0.131. The minimum atomic E-state index is -3.46. The second-order valence-electron chi connectivity index (χ2n) is 6.40. The summed E-state index contributed by atoms with van der Waals surface area (Å²) in [6, 6.07) is 5.80. The van der Waals surface area contributed by atoms with Gasteiger partial charge in [0.05, 0.1) is 11.9 Å². The summed E-state index contributed by atoms with van der Waals surface area (Å²) in [6.45, 7) is 9.62. The van der Waals surface area contributed by atoms with Crippen LogP contribution in [0.2, 0.25) is 0 Å². The van der Waals surface area contributed by atoms with E-state index in [9.17, 15) is 13.2 Å². The molecule has 0 bridgehead atoms. The number of anilines is 1. The Morgan fingerprint density at radius 3 is 2.12 bits per heavy atom. The molecule has 0 aromatic heterocycles. The molecule has 0 unspecified atom stereocenters. The molecule has 0 atom stereocenters. The quantitative estimate of drug-likeness (QED) is 0.636. The van der Waals surface area contributed by atoms with Gasteiger partial charge < -0.3 is 4.90 Å². The molecule has 25 heavy (non-hydrogen) atoms. The highest BCUT2D eigenvalue weighted by Crippen LogP contribution is 2.28. The third kappa shape index (κ3) is 6.03. The van der Waals surface area contributed by atoms with Crippen molar-refractivity contribution in [1.29, 1.82) is 0 Å². The first kappa shape index (κ1) is 21.5. The lowest BCUT2D eigenvalue weighted by Gasteiger charge is -2.28. The second kappa shape index (κ2) is 9.80. The third-order valence-corrected chi connectivity index (χ3v) is 5.39. The van der Waals surface area contributed by atoms with E-state index in [4.69, 9.17) is 0 Å². The van der Waals surface area contributed by atoms with Crippen LogP contribution in [-0.2, 0) is 21.2 Å². The molecule has 6 heteroatoms. The van der Waals surface area contributed by atoms with E-state index in [1.54, 1.807) is 0 Å². The van der Waals surface area contributed by atoms with Gasteiger partial charge in [-0.2, -0.15) is 0 Å². The van der Waals surface area contributed by atoms with Crippen LogP contribution in [0, 0.1) is 6.92 Å². The Kier molecular flexibility index (Phi) is 8.42. The molecule has 1 aromatic carbocycles. The molecule has 0 heterocycles. The van der Waals surface area contributed by atoms with Gasteiger partial charge in [0.25, 0.3) is 0 Å². The molecule has 0 aliphatic carbocycles. The Balaban J connectivity index is 3.06. The topological polar surface area (TPSA) is 57.7 Å². The minimum absolute atomic E-state index is 0.0176. The van der Waals surface area contributed by atoms with Crippen molar-refractivity contribution in [3.05, 3.63) is 29.3 Å². The second-order valence-corrected chi connectivity index (χ2v) is 8.31. The van der Waals surface area contributed by atoms with E-state index in [0.717, 1.165) is 49.2 Å². The molecule has 0 saturated carbocycles. The van der Waals surface area contributed by atoms with Crippen LogP contribution >= 0.6 is 0 Å². The van der Waals surface area contributed by atoms with Crippen LogP contribution in [-0.4, -0.2) is 45.1 Å². The molecule has 1 aromatic rings. The lowest BCUT2D eigenvalue weighted by Crippen LogP contribution is -2.38. The summed E-state index contributed by atoms with van der Waals surface area (Å²) in [5.74, 6) is 0.0176. The van der Waals surface area contributed by atoms with Gasteiger partial charge in [-0.3, -0.25) is 9.10 Å². The van der Waals surface area contributed by atoms with Crippen molar-refractivity contribution in [2.75, 3.05) is 30.2 Å². The third-order valence-electron chi connectivity index (χ3n) is 4.22. The van der Waals surface area contributed by atoms with Crippen LogP contribution in [0.25, 0.3) is 0 Å². The maximum absolute atomic E-state index is 12.5. The molecule has 0 saturated heterocycles. The number of carbonyl (C=O) groups is 1. The number of carbonyl (C=O) groups excluding carboxylic acids is 1. The Hall–Kier alpha value is -1.56. The van der Waals surface area contributed by atoms with Crippen molar-refractivity contribution in [2.45, 2.75) is 53.4 Å². The first-order valence-corrected chi connectivity index (χ1v) is 10.9. The Labute approximate surface area is 153 Å². The summed E-state index contributed by atoms with van der Waals surface area (Å²) in [6.07, 6.45) is 3.96. The van der Waals surface area contributed by atoms with Gasteiger partial charge in [0.1, 0.15) is 0 Å². The van der Waals surface area contributed by atoms with Crippen molar-refractivity contribution >= 4 is 21.6 Å². The lowest BCUT2D eigenvalue weighted by atomic mass is 10.1. The van der Waals surface area contributed by atoms with Crippen molar-refractivity contribution in [3.8, 4) is 0 Å². The van der Waals surface area contributed by atoms with Crippen LogP contribution in [0.4, 0.5) is 5.69 Å². The summed E-state index contributed by atoms with van der Waals surface area (Å²) in [4.78, 5) is 14.4. The summed E-state index contributed by atoms with van der Waals surface area (Å²) in [5, 5.41) is 0. The molecule has 5 nitrogen and oxygen atoms in total. The predicted octanol–water partition coefficient (Wildman–Crippen LogP) is 3.36. The molecule has 1 amide bonds. The monoisotopic (exact) mass is 368 g/mol. The van der Waals surface area contributed by atoms with Crippen molar-refractivity contribution in [3.63, 3.8) is 0 Å². The number of amides is 1. The van der Waals surface area contributed by atoms with Gasteiger partial charge in [-0.15, -0.1) is 0 Å². The van der Waals surface area contributed by atoms with E-state index in [1.165, 1.54) is 10.6 Å². The van der Waals surface area contributed by atoms with E-state index in [2.05, 4.69) is 0 Å². The highest BCUT2D eigenvalue weighted by molar-refractivity contribution is 7.92.